The number of nitrogens with one attached hydrogen (secondary N) is 1. The number of nitrogens with two attached hydrogens (primary N) is 2. The van der Waals surface area contributed by atoms with Gasteiger partial charge in [0.25, 0.3) is 5.91 Å². The zero-order valence-electron chi connectivity index (χ0n) is 27.6. The fraction of sp³-hybridized carbons (Fsp3) is 0.200. The fourth-order valence-corrected chi connectivity index (χ4v) is 6.28. The van der Waals surface area contributed by atoms with Crippen LogP contribution < -0.4 is 16.2 Å². The predicted octanol–water partition coefficient (Wildman–Crippen LogP) is 6.67. The summed E-state index contributed by atoms with van der Waals surface area (Å²) < 4.78 is 7.68. The quantitative estimate of drug-likeness (QED) is 0.0732. The molecule has 9 heteroatoms. The molecule has 1 heterocycles. The van der Waals surface area contributed by atoms with Crippen LogP contribution in [-0.4, -0.2) is 38.2 Å². The van der Waals surface area contributed by atoms with Crippen LogP contribution in [0, 0.1) is 5.41 Å². The van der Waals surface area contributed by atoms with Crippen LogP contribution in [0.2, 0.25) is 0 Å². The number of amidine groups is 1. The number of amides is 1. The highest BCUT2D eigenvalue weighted by molar-refractivity contribution is 7.80. The van der Waals surface area contributed by atoms with Gasteiger partial charge in [0.05, 0.1) is 24.7 Å². The maximum Gasteiger partial charge on any atom is 0.254 e. The molecule has 0 bridgehead atoms. The minimum absolute atomic E-state index is 0.0519. The van der Waals surface area contributed by atoms with Gasteiger partial charge in [0.15, 0.2) is 0 Å². The van der Waals surface area contributed by atoms with Gasteiger partial charge in [-0.2, -0.15) is 0 Å². The number of allylic oxidation sites excluding steroid dienone is 4. The molecule has 248 valence electrons. The van der Waals surface area contributed by atoms with E-state index in [1.54, 1.807) is 7.11 Å². The molecule has 0 radical (unpaired) electrons. The lowest BCUT2D eigenvalue weighted by Crippen LogP contribution is -2.30. The summed E-state index contributed by atoms with van der Waals surface area (Å²) in [5, 5.41) is 7.70. The number of benzene rings is 4. The molecule has 5 N–H and O–H groups in total. The van der Waals surface area contributed by atoms with Gasteiger partial charge in [-0.3, -0.25) is 10.2 Å². The van der Waals surface area contributed by atoms with Crippen molar-refractivity contribution in [3.63, 3.8) is 0 Å². The second kappa shape index (κ2) is 15.2. The van der Waals surface area contributed by atoms with Crippen LogP contribution in [0.5, 0.6) is 5.75 Å². The molecule has 1 aliphatic rings. The monoisotopic (exact) mass is 668 g/mol. The first-order valence-electron chi connectivity index (χ1n) is 16.3. The molecule has 1 amide bonds. The molecule has 0 aliphatic heterocycles. The smallest absolute Gasteiger partial charge is 0.254 e. The van der Waals surface area contributed by atoms with E-state index in [2.05, 4.69) is 22.8 Å². The zero-order valence-corrected chi connectivity index (χ0v) is 28.4. The van der Waals surface area contributed by atoms with Crippen LogP contribution in [0.25, 0.3) is 11.0 Å². The maximum absolute atomic E-state index is 14.3. The Bertz CT molecular complexity index is 2060. The first kappa shape index (κ1) is 33.5. The van der Waals surface area contributed by atoms with Crippen LogP contribution >= 0.6 is 12.2 Å². The van der Waals surface area contributed by atoms with Crippen molar-refractivity contribution < 1.29 is 9.53 Å². The van der Waals surface area contributed by atoms with Crippen LogP contribution in [0.3, 0.4) is 0 Å². The van der Waals surface area contributed by atoms with Crippen molar-refractivity contribution in [2.75, 3.05) is 7.11 Å². The standard InChI is InChI=1S/C40H40N6O2S/c1-48-34-7-4-5-30(21-34)25-45(24-29-11-9-28(23-41)10-12-29)40(47)32-18-19-36-35(22-32)44-38(46(36)26-33-6-2-3-8-37(33)49)20-15-27-13-16-31(17-14-27)39(42)43/h2-7,9-14,16-19,21-22H,8,15,20,23-26,41H2,1H3,(H3,42,43). The molecule has 6 rings (SSSR count). The highest BCUT2D eigenvalue weighted by Crippen LogP contribution is 2.25. The van der Waals surface area contributed by atoms with Crippen LogP contribution in [-0.2, 0) is 39.0 Å². The van der Waals surface area contributed by atoms with Crippen LogP contribution in [0.4, 0.5) is 0 Å². The molecular formula is C40H40N6O2S. The minimum atomic E-state index is -0.0874. The summed E-state index contributed by atoms with van der Waals surface area (Å²) in [7, 11) is 1.64. The fourth-order valence-electron chi connectivity index (χ4n) is 6.06. The van der Waals surface area contributed by atoms with Crippen molar-refractivity contribution in [3.8, 4) is 5.75 Å². The summed E-state index contributed by atoms with van der Waals surface area (Å²) in [6.45, 7) is 1.91. The van der Waals surface area contributed by atoms with E-state index < -0.39 is 0 Å². The summed E-state index contributed by atoms with van der Waals surface area (Å²) in [5.74, 6) is 1.63. The Morgan fingerprint density at radius 1 is 0.918 bits per heavy atom. The lowest BCUT2D eigenvalue weighted by Gasteiger charge is -2.24. The van der Waals surface area contributed by atoms with E-state index >= 15 is 0 Å². The first-order valence-corrected chi connectivity index (χ1v) is 16.7. The van der Waals surface area contributed by atoms with Crippen molar-refractivity contribution in [1.82, 2.24) is 14.5 Å². The molecule has 8 nitrogen and oxygen atoms in total. The number of ether oxygens (including phenoxy) is 1. The van der Waals surface area contributed by atoms with E-state index in [4.69, 9.17) is 38.8 Å². The van der Waals surface area contributed by atoms with Crippen molar-refractivity contribution in [2.45, 2.75) is 45.4 Å². The van der Waals surface area contributed by atoms with Crippen LogP contribution in [0.1, 0.15) is 50.4 Å². The highest BCUT2D eigenvalue weighted by atomic mass is 32.1. The number of hydrogen-bond acceptors (Lipinski definition) is 6. The van der Waals surface area contributed by atoms with Crippen LogP contribution in [0.15, 0.2) is 115 Å². The Hall–Kier alpha value is -5.38. The lowest BCUT2D eigenvalue weighted by molar-refractivity contribution is 0.0730. The number of rotatable bonds is 13. The molecule has 0 saturated carbocycles. The van der Waals surface area contributed by atoms with E-state index in [0.29, 0.717) is 43.7 Å². The van der Waals surface area contributed by atoms with Crippen molar-refractivity contribution in [3.05, 3.63) is 154 Å². The normalized spacial score (nSPS) is 12.6. The van der Waals surface area contributed by atoms with Gasteiger partial charge in [-0.15, -0.1) is 0 Å². The van der Waals surface area contributed by atoms with Crippen molar-refractivity contribution in [2.24, 2.45) is 11.5 Å². The Morgan fingerprint density at radius 2 is 1.63 bits per heavy atom. The first-order chi connectivity index (χ1) is 23.8. The van der Waals surface area contributed by atoms with E-state index in [1.165, 1.54) is 0 Å². The number of carbonyl (C=O) groups excluding carboxylic acids is 1. The summed E-state index contributed by atoms with van der Waals surface area (Å²) in [6, 6.07) is 29.4. The molecule has 0 unspecified atom stereocenters. The van der Waals surface area contributed by atoms with Gasteiger partial charge in [0, 0.05) is 48.5 Å². The van der Waals surface area contributed by atoms with Crippen molar-refractivity contribution in [1.29, 1.82) is 5.41 Å². The Kier molecular flexibility index (Phi) is 10.4. The molecule has 0 fully saturated rings. The number of imidazole rings is 1. The molecule has 1 aromatic heterocycles. The maximum atomic E-state index is 14.3. The number of fused-ring (bicyclic) bond motifs is 1. The van der Waals surface area contributed by atoms with Gasteiger partial charge in [-0.05, 0) is 64.6 Å². The number of nitrogens with zero attached hydrogens (tertiary/aromatic N) is 3. The number of carbonyl (C=O) groups is 1. The van der Waals surface area contributed by atoms with Gasteiger partial charge in [-0.1, -0.05) is 91.1 Å². The number of hydrogen-bond donors (Lipinski definition) is 3. The molecule has 4 aromatic carbocycles. The van der Waals surface area contributed by atoms with Gasteiger partial charge in [-0.25, -0.2) is 4.98 Å². The van der Waals surface area contributed by atoms with Gasteiger partial charge in [0.1, 0.15) is 17.4 Å². The lowest BCUT2D eigenvalue weighted by atomic mass is 10.0. The molecule has 1 aliphatic carbocycles. The third kappa shape index (κ3) is 8.02. The second-order valence-corrected chi connectivity index (χ2v) is 12.7. The van der Waals surface area contributed by atoms with E-state index in [1.807, 2.05) is 95.9 Å². The summed E-state index contributed by atoms with van der Waals surface area (Å²) >= 11 is 5.72. The molecule has 0 saturated heterocycles. The number of aryl methyl sites for hydroxylation is 2. The number of thiocarbonyl (C=S) groups is 1. The van der Waals surface area contributed by atoms with Gasteiger partial charge in [0.2, 0.25) is 0 Å². The number of nitrogen functional groups attached to an aromatic ring is 1. The highest BCUT2D eigenvalue weighted by Gasteiger charge is 2.21. The van der Waals surface area contributed by atoms with E-state index in [9.17, 15) is 4.79 Å². The van der Waals surface area contributed by atoms with E-state index in [-0.39, 0.29) is 11.7 Å². The molecule has 0 atom stereocenters. The molecule has 49 heavy (non-hydrogen) atoms. The Balaban J connectivity index is 1.33. The average Bonchev–Trinajstić information content (AvgIpc) is 3.47. The van der Waals surface area contributed by atoms with Gasteiger partial charge >= 0.3 is 0 Å². The number of methoxy groups -OCH3 is 1. The zero-order chi connectivity index (χ0) is 34.3. The third-order valence-electron chi connectivity index (χ3n) is 8.83. The number of aromatic nitrogens is 2. The minimum Gasteiger partial charge on any atom is -0.497 e. The van der Waals surface area contributed by atoms with E-state index in [0.717, 1.165) is 68.1 Å². The predicted molar refractivity (Wildman–Crippen MR) is 200 cm³/mol. The average molecular weight is 669 g/mol. The third-order valence-corrected chi connectivity index (χ3v) is 9.26. The molecular weight excluding hydrogens is 629 g/mol. The van der Waals surface area contributed by atoms with Gasteiger partial charge < -0.3 is 25.7 Å². The summed E-state index contributed by atoms with van der Waals surface area (Å²) in [6.07, 6.45) is 8.41. The molecule has 0 spiro atoms. The largest absolute Gasteiger partial charge is 0.497 e. The SMILES string of the molecule is COc1cccc(CN(Cc2ccc(CN)cc2)C(=O)c2ccc3c(c2)nc(CCc2ccc(C(=N)N)cc2)n3CC2=CC=CCC2=S)c1. The summed E-state index contributed by atoms with van der Waals surface area (Å²) in [4.78, 5) is 22.2. The molecule has 5 aromatic rings. The Morgan fingerprint density at radius 3 is 2.35 bits per heavy atom. The second-order valence-electron chi connectivity index (χ2n) is 12.2. The Labute approximate surface area is 292 Å². The topological polar surface area (TPSA) is 123 Å². The summed E-state index contributed by atoms with van der Waals surface area (Å²) in [5.41, 5.74) is 19.7. The van der Waals surface area contributed by atoms with Crippen molar-refractivity contribution >= 4 is 39.9 Å².